The molecule has 0 saturated heterocycles. The van der Waals surface area contributed by atoms with Gasteiger partial charge < -0.3 is 4.74 Å². The number of hydrogen-bond acceptors (Lipinski definition) is 4. The Labute approximate surface area is 145 Å². The minimum absolute atomic E-state index is 0.217. The molecule has 1 aliphatic rings. The van der Waals surface area contributed by atoms with E-state index in [4.69, 9.17) is 16.3 Å². The van der Waals surface area contributed by atoms with E-state index in [1.807, 2.05) is 6.07 Å². The Morgan fingerprint density at radius 2 is 1.91 bits per heavy atom. The number of thiophene rings is 1. The third-order valence-electron chi connectivity index (χ3n) is 3.80. The quantitative estimate of drug-likeness (QED) is 0.789. The Morgan fingerprint density at radius 3 is 2.65 bits per heavy atom. The number of aryl methyl sites for hydroxylation is 2. The largest absolute Gasteiger partial charge is 0.492 e. The molecule has 23 heavy (non-hydrogen) atoms. The molecule has 0 atom stereocenters. The first-order valence-corrected chi connectivity index (χ1v) is 10.2. The summed E-state index contributed by atoms with van der Waals surface area (Å²) in [7, 11) is -3.50. The lowest BCUT2D eigenvalue weighted by molar-refractivity contribution is 0.322. The minimum Gasteiger partial charge on any atom is -0.492 e. The van der Waals surface area contributed by atoms with E-state index >= 15 is 0 Å². The molecule has 2 aromatic rings. The summed E-state index contributed by atoms with van der Waals surface area (Å²) in [5.41, 5.74) is 2.75. The number of halogens is 1. The summed E-state index contributed by atoms with van der Waals surface area (Å²) in [6, 6.07) is 9.21. The zero-order valence-electron chi connectivity index (χ0n) is 12.5. The Kier molecular flexibility index (Phi) is 5.26. The number of sulfonamides is 1. The van der Waals surface area contributed by atoms with Gasteiger partial charge in [0, 0.05) is 6.54 Å². The van der Waals surface area contributed by atoms with Crippen LogP contribution in [0.15, 0.2) is 34.5 Å². The van der Waals surface area contributed by atoms with Crippen LogP contribution in [0.2, 0.25) is 4.34 Å². The van der Waals surface area contributed by atoms with Gasteiger partial charge >= 0.3 is 0 Å². The van der Waals surface area contributed by atoms with Gasteiger partial charge in [0.05, 0.1) is 4.34 Å². The normalized spacial score (nSPS) is 14.5. The van der Waals surface area contributed by atoms with Gasteiger partial charge in [0.15, 0.2) is 0 Å². The van der Waals surface area contributed by atoms with Crippen LogP contribution in [0.25, 0.3) is 0 Å². The van der Waals surface area contributed by atoms with Crippen molar-refractivity contribution in [1.29, 1.82) is 0 Å². The summed E-state index contributed by atoms with van der Waals surface area (Å²) in [5, 5.41) is 0. The maximum absolute atomic E-state index is 12.0. The molecule has 1 aliphatic carbocycles. The molecule has 1 heterocycles. The van der Waals surface area contributed by atoms with Crippen LogP contribution in [-0.4, -0.2) is 21.6 Å². The predicted molar refractivity (Wildman–Crippen MR) is 93.1 cm³/mol. The third kappa shape index (κ3) is 4.26. The predicted octanol–water partition coefficient (Wildman–Crippen LogP) is 3.64. The van der Waals surface area contributed by atoms with Crippen molar-refractivity contribution in [3.63, 3.8) is 0 Å². The van der Waals surface area contributed by atoms with Gasteiger partial charge in [0.1, 0.15) is 16.6 Å². The second kappa shape index (κ2) is 7.21. The van der Waals surface area contributed by atoms with E-state index in [-0.39, 0.29) is 17.4 Å². The van der Waals surface area contributed by atoms with Crippen molar-refractivity contribution >= 4 is 33.0 Å². The van der Waals surface area contributed by atoms with Crippen molar-refractivity contribution in [3.05, 3.63) is 45.8 Å². The molecular formula is C16H18ClNO3S2. The van der Waals surface area contributed by atoms with Crippen LogP contribution in [0.5, 0.6) is 5.75 Å². The van der Waals surface area contributed by atoms with E-state index in [1.165, 1.54) is 30.0 Å². The first kappa shape index (κ1) is 16.8. The van der Waals surface area contributed by atoms with Crippen molar-refractivity contribution in [2.24, 2.45) is 0 Å². The molecule has 3 rings (SSSR count). The molecule has 0 spiro atoms. The summed E-state index contributed by atoms with van der Waals surface area (Å²) < 4.78 is 32.9. The Bertz CT molecular complexity index is 786. The molecule has 1 N–H and O–H groups in total. The smallest absolute Gasteiger partial charge is 0.250 e. The molecule has 0 bridgehead atoms. The summed E-state index contributed by atoms with van der Waals surface area (Å²) in [5.74, 6) is 0.795. The monoisotopic (exact) mass is 371 g/mol. The highest BCUT2D eigenvalue weighted by atomic mass is 35.5. The number of nitrogens with one attached hydrogen (secondary N) is 1. The van der Waals surface area contributed by atoms with E-state index < -0.39 is 10.0 Å². The van der Waals surface area contributed by atoms with Crippen molar-refractivity contribution < 1.29 is 13.2 Å². The van der Waals surface area contributed by atoms with Gasteiger partial charge in [0.2, 0.25) is 10.0 Å². The van der Waals surface area contributed by atoms with Gasteiger partial charge in [-0.3, -0.25) is 0 Å². The minimum atomic E-state index is -3.50. The first-order valence-electron chi connectivity index (χ1n) is 7.54. The highest BCUT2D eigenvalue weighted by Crippen LogP contribution is 2.26. The fourth-order valence-corrected chi connectivity index (χ4v) is 5.20. The van der Waals surface area contributed by atoms with Crippen LogP contribution in [-0.2, 0) is 22.9 Å². The standard InChI is InChI=1S/C16H18ClNO3S2/c17-15-7-8-16(22-15)23(19,20)18-9-10-21-14-6-5-12-3-1-2-4-13(12)11-14/h5-8,11,18H,1-4,9-10H2. The van der Waals surface area contributed by atoms with Crippen molar-refractivity contribution in [3.8, 4) is 5.75 Å². The van der Waals surface area contributed by atoms with Gasteiger partial charge in [-0.2, -0.15) is 0 Å². The summed E-state index contributed by atoms with van der Waals surface area (Å²) in [6.07, 6.45) is 4.71. The summed E-state index contributed by atoms with van der Waals surface area (Å²) in [6.45, 7) is 0.506. The van der Waals surface area contributed by atoms with Gasteiger partial charge in [0.25, 0.3) is 0 Å². The second-order valence-electron chi connectivity index (χ2n) is 5.44. The molecule has 4 nitrogen and oxygen atoms in total. The number of hydrogen-bond donors (Lipinski definition) is 1. The van der Waals surface area contributed by atoms with Gasteiger partial charge in [-0.25, -0.2) is 13.1 Å². The average molecular weight is 372 g/mol. The van der Waals surface area contributed by atoms with E-state index in [2.05, 4.69) is 16.9 Å². The molecule has 0 amide bonds. The van der Waals surface area contributed by atoms with Gasteiger partial charge in [-0.05, 0) is 61.1 Å². The average Bonchev–Trinajstić information content (AvgIpc) is 2.99. The Hall–Kier alpha value is -1.08. The molecule has 124 valence electrons. The molecular weight excluding hydrogens is 354 g/mol. The van der Waals surface area contributed by atoms with Crippen LogP contribution in [0.3, 0.4) is 0 Å². The topological polar surface area (TPSA) is 55.4 Å². The van der Waals surface area contributed by atoms with Crippen molar-refractivity contribution in [2.75, 3.05) is 13.2 Å². The summed E-state index contributed by atoms with van der Waals surface area (Å²) in [4.78, 5) is 0. The SMILES string of the molecule is O=S(=O)(NCCOc1ccc2c(c1)CCCC2)c1ccc(Cl)s1. The number of fused-ring (bicyclic) bond motifs is 1. The highest BCUT2D eigenvalue weighted by molar-refractivity contribution is 7.91. The Morgan fingerprint density at radius 1 is 1.13 bits per heavy atom. The molecule has 0 aliphatic heterocycles. The molecule has 0 fully saturated rings. The van der Waals surface area contributed by atoms with Crippen molar-refractivity contribution in [2.45, 2.75) is 29.9 Å². The first-order chi connectivity index (χ1) is 11.0. The molecule has 1 aromatic carbocycles. The number of rotatable bonds is 6. The van der Waals surface area contributed by atoms with Gasteiger partial charge in [-0.1, -0.05) is 17.7 Å². The molecule has 1 aromatic heterocycles. The maximum atomic E-state index is 12.0. The molecule has 0 radical (unpaired) electrons. The van der Waals surface area contributed by atoms with E-state index in [0.29, 0.717) is 4.34 Å². The number of ether oxygens (including phenoxy) is 1. The van der Waals surface area contributed by atoms with E-state index in [0.717, 1.165) is 29.9 Å². The van der Waals surface area contributed by atoms with Crippen LogP contribution in [0.1, 0.15) is 24.0 Å². The number of benzene rings is 1. The third-order valence-corrected chi connectivity index (χ3v) is 6.98. The van der Waals surface area contributed by atoms with Crippen molar-refractivity contribution in [1.82, 2.24) is 4.72 Å². The molecule has 0 unspecified atom stereocenters. The molecule has 0 saturated carbocycles. The lowest BCUT2D eigenvalue weighted by atomic mass is 9.92. The fourth-order valence-electron chi connectivity index (χ4n) is 2.66. The van der Waals surface area contributed by atoms with Gasteiger partial charge in [-0.15, -0.1) is 11.3 Å². The van der Waals surface area contributed by atoms with Crippen LogP contribution in [0, 0.1) is 0 Å². The van der Waals surface area contributed by atoms with E-state index in [9.17, 15) is 8.42 Å². The van der Waals surface area contributed by atoms with E-state index in [1.54, 1.807) is 6.07 Å². The lowest BCUT2D eigenvalue weighted by Crippen LogP contribution is -2.27. The molecule has 7 heteroatoms. The van der Waals surface area contributed by atoms with Crippen LogP contribution >= 0.6 is 22.9 Å². The second-order valence-corrected chi connectivity index (χ2v) is 9.15. The van der Waals surface area contributed by atoms with Crippen LogP contribution in [0.4, 0.5) is 0 Å². The zero-order valence-corrected chi connectivity index (χ0v) is 14.9. The van der Waals surface area contributed by atoms with Crippen LogP contribution < -0.4 is 9.46 Å². The summed E-state index contributed by atoms with van der Waals surface area (Å²) >= 11 is 6.81. The Balaban J connectivity index is 1.52. The zero-order chi connectivity index (χ0) is 16.3. The highest BCUT2D eigenvalue weighted by Gasteiger charge is 2.16. The fraction of sp³-hybridized carbons (Fsp3) is 0.375. The lowest BCUT2D eigenvalue weighted by Gasteiger charge is -2.16. The maximum Gasteiger partial charge on any atom is 0.250 e.